The number of pyridine rings is 1. The molecule has 0 fully saturated rings. The quantitative estimate of drug-likeness (QED) is 0.640. The smallest absolute Gasteiger partial charge is 0.269 e. The van der Waals surface area contributed by atoms with E-state index in [1.54, 1.807) is 18.0 Å². The summed E-state index contributed by atoms with van der Waals surface area (Å²) in [5.74, 6) is 1.19. The van der Waals surface area contributed by atoms with Crippen LogP contribution in [0.4, 0.5) is 5.82 Å². The van der Waals surface area contributed by atoms with E-state index < -0.39 is 6.10 Å². The number of carbonyl (C=O) groups is 1. The predicted octanol–water partition coefficient (Wildman–Crippen LogP) is 4.70. The SMILES string of the molecule is Cc1cc(C)cc(OC(C)C(=O)N(Cc2ccccc2)c2ccccn2)c1. The van der Waals surface area contributed by atoms with Crippen molar-refractivity contribution in [1.29, 1.82) is 0 Å². The molecule has 0 saturated carbocycles. The average Bonchev–Trinajstić information content (AvgIpc) is 2.66. The normalized spacial score (nSPS) is 11.7. The monoisotopic (exact) mass is 360 g/mol. The number of aryl methyl sites for hydroxylation is 2. The highest BCUT2D eigenvalue weighted by atomic mass is 16.5. The minimum Gasteiger partial charge on any atom is -0.481 e. The lowest BCUT2D eigenvalue weighted by Crippen LogP contribution is -2.40. The number of anilines is 1. The first-order chi connectivity index (χ1) is 13.0. The van der Waals surface area contributed by atoms with Crippen LogP contribution in [-0.4, -0.2) is 17.0 Å². The van der Waals surface area contributed by atoms with Gasteiger partial charge in [0.25, 0.3) is 5.91 Å². The molecule has 0 saturated heterocycles. The van der Waals surface area contributed by atoms with Gasteiger partial charge in [-0.1, -0.05) is 42.5 Å². The van der Waals surface area contributed by atoms with Gasteiger partial charge in [0, 0.05) is 6.20 Å². The molecule has 0 radical (unpaired) electrons. The van der Waals surface area contributed by atoms with Crippen molar-refractivity contribution in [3.63, 3.8) is 0 Å². The first-order valence-corrected chi connectivity index (χ1v) is 9.04. The Labute approximate surface area is 160 Å². The predicted molar refractivity (Wildman–Crippen MR) is 108 cm³/mol. The summed E-state index contributed by atoms with van der Waals surface area (Å²) in [6.07, 6.45) is 1.06. The van der Waals surface area contributed by atoms with Crippen molar-refractivity contribution < 1.29 is 9.53 Å². The van der Waals surface area contributed by atoms with Crippen molar-refractivity contribution in [3.8, 4) is 5.75 Å². The largest absolute Gasteiger partial charge is 0.481 e. The second-order valence-corrected chi connectivity index (χ2v) is 6.68. The van der Waals surface area contributed by atoms with Crippen LogP contribution in [0.1, 0.15) is 23.6 Å². The second-order valence-electron chi connectivity index (χ2n) is 6.68. The van der Waals surface area contributed by atoms with Gasteiger partial charge < -0.3 is 4.74 Å². The molecule has 1 unspecified atom stereocenters. The van der Waals surface area contributed by atoms with Crippen LogP contribution in [0.2, 0.25) is 0 Å². The highest BCUT2D eigenvalue weighted by molar-refractivity contribution is 5.95. The zero-order valence-electron chi connectivity index (χ0n) is 15.9. The number of amides is 1. The first kappa shape index (κ1) is 18.6. The van der Waals surface area contributed by atoms with E-state index >= 15 is 0 Å². The van der Waals surface area contributed by atoms with Crippen molar-refractivity contribution in [3.05, 3.63) is 89.6 Å². The van der Waals surface area contributed by atoms with Crippen molar-refractivity contribution in [1.82, 2.24) is 4.98 Å². The lowest BCUT2D eigenvalue weighted by atomic mass is 10.1. The molecule has 27 heavy (non-hydrogen) atoms. The number of aromatic nitrogens is 1. The molecule has 0 aliphatic carbocycles. The molecule has 2 aromatic carbocycles. The third-order valence-electron chi connectivity index (χ3n) is 4.23. The Morgan fingerprint density at radius 1 is 1.00 bits per heavy atom. The molecule has 138 valence electrons. The van der Waals surface area contributed by atoms with Gasteiger partial charge >= 0.3 is 0 Å². The molecule has 0 aliphatic rings. The molecule has 0 spiro atoms. The molecule has 1 amide bonds. The van der Waals surface area contributed by atoms with Crippen LogP contribution in [-0.2, 0) is 11.3 Å². The Kier molecular flexibility index (Phi) is 5.87. The topological polar surface area (TPSA) is 42.4 Å². The maximum Gasteiger partial charge on any atom is 0.269 e. The van der Waals surface area contributed by atoms with Gasteiger partial charge in [-0.25, -0.2) is 4.98 Å². The van der Waals surface area contributed by atoms with E-state index in [4.69, 9.17) is 4.74 Å². The third kappa shape index (κ3) is 4.94. The molecular weight excluding hydrogens is 336 g/mol. The number of rotatable bonds is 6. The fourth-order valence-electron chi connectivity index (χ4n) is 3.03. The Bertz CT molecular complexity index is 875. The van der Waals surface area contributed by atoms with Crippen LogP contribution in [0.15, 0.2) is 72.9 Å². The van der Waals surface area contributed by atoms with Crippen LogP contribution < -0.4 is 9.64 Å². The van der Waals surface area contributed by atoms with E-state index in [1.807, 2.05) is 74.5 Å². The summed E-state index contributed by atoms with van der Waals surface area (Å²) >= 11 is 0. The summed E-state index contributed by atoms with van der Waals surface area (Å²) in [4.78, 5) is 19.2. The Hall–Kier alpha value is -3.14. The van der Waals surface area contributed by atoms with E-state index in [0.717, 1.165) is 16.7 Å². The van der Waals surface area contributed by atoms with Crippen LogP contribution in [0.5, 0.6) is 5.75 Å². The number of ether oxygens (including phenoxy) is 1. The standard InChI is InChI=1S/C23H24N2O2/c1-17-13-18(2)15-21(14-17)27-19(3)23(26)25(22-11-7-8-12-24-22)16-20-9-5-4-6-10-20/h4-15,19H,16H2,1-3H3. The van der Waals surface area contributed by atoms with Crippen LogP contribution in [0, 0.1) is 13.8 Å². The molecule has 0 aliphatic heterocycles. The molecule has 3 rings (SSSR count). The summed E-state index contributed by atoms with van der Waals surface area (Å²) in [6.45, 7) is 6.25. The fourth-order valence-corrected chi connectivity index (χ4v) is 3.03. The number of hydrogen-bond acceptors (Lipinski definition) is 3. The summed E-state index contributed by atoms with van der Waals surface area (Å²) < 4.78 is 5.96. The van der Waals surface area contributed by atoms with Crippen molar-refractivity contribution in [2.45, 2.75) is 33.4 Å². The Morgan fingerprint density at radius 3 is 2.30 bits per heavy atom. The minimum atomic E-state index is -0.628. The number of benzene rings is 2. The Morgan fingerprint density at radius 2 is 1.67 bits per heavy atom. The van der Waals surface area contributed by atoms with Gasteiger partial charge in [0.05, 0.1) is 6.54 Å². The Balaban J connectivity index is 1.83. The van der Waals surface area contributed by atoms with Gasteiger partial charge in [0.2, 0.25) is 0 Å². The summed E-state index contributed by atoms with van der Waals surface area (Å²) in [5, 5.41) is 0. The molecule has 0 N–H and O–H groups in total. The van der Waals surface area contributed by atoms with Gasteiger partial charge in [-0.15, -0.1) is 0 Å². The van der Waals surface area contributed by atoms with Gasteiger partial charge in [-0.3, -0.25) is 9.69 Å². The van der Waals surface area contributed by atoms with Crippen molar-refractivity contribution in [2.24, 2.45) is 0 Å². The molecule has 4 heteroatoms. The maximum atomic E-state index is 13.2. The van der Waals surface area contributed by atoms with Gasteiger partial charge in [0.1, 0.15) is 11.6 Å². The van der Waals surface area contributed by atoms with Crippen LogP contribution in [0.3, 0.4) is 0 Å². The van der Waals surface area contributed by atoms with Gasteiger partial charge in [-0.05, 0) is 61.7 Å². The summed E-state index contributed by atoms with van der Waals surface area (Å²) in [5.41, 5.74) is 3.25. The second kappa shape index (κ2) is 8.49. The molecule has 0 bridgehead atoms. The number of hydrogen-bond donors (Lipinski definition) is 0. The fraction of sp³-hybridized carbons (Fsp3) is 0.217. The molecule has 1 aromatic heterocycles. The van der Waals surface area contributed by atoms with Crippen LogP contribution in [0.25, 0.3) is 0 Å². The van der Waals surface area contributed by atoms with Crippen molar-refractivity contribution >= 4 is 11.7 Å². The van der Waals surface area contributed by atoms with E-state index in [0.29, 0.717) is 18.1 Å². The summed E-state index contributed by atoms with van der Waals surface area (Å²) in [6, 6.07) is 21.4. The zero-order chi connectivity index (χ0) is 19.2. The first-order valence-electron chi connectivity index (χ1n) is 9.04. The van der Waals surface area contributed by atoms with E-state index in [-0.39, 0.29) is 5.91 Å². The van der Waals surface area contributed by atoms with Gasteiger partial charge in [-0.2, -0.15) is 0 Å². The molecule has 3 aromatic rings. The highest BCUT2D eigenvalue weighted by Crippen LogP contribution is 2.20. The maximum absolute atomic E-state index is 13.2. The van der Waals surface area contributed by atoms with E-state index in [1.165, 1.54) is 0 Å². The molecule has 4 nitrogen and oxygen atoms in total. The minimum absolute atomic E-state index is 0.128. The average molecular weight is 360 g/mol. The highest BCUT2D eigenvalue weighted by Gasteiger charge is 2.24. The molecule has 1 heterocycles. The third-order valence-corrected chi connectivity index (χ3v) is 4.23. The van der Waals surface area contributed by atoms with Crippen LogP contribution >= 0.6 is 0 Å². The van der Waals surface area contributed by atoms with E-state index in [2.05, 4.69) is 11.1 Å². The van der Waals surface area contributed by atoms with E-state index in [9.17, 15) is 4.79 Å². The lowest BCUT2D eigenvalue weighted by molar-refractivity contribution is -0.124. The zero-order valence-corrected chi connectivity index (χ0v) is 15.9. The lowest BCUT2D eigenvalue weighted by Gasteiger charge is -2.25. The molecule has 1 atom stereocenters. The van der Waals surface area contributed by atoms with Crippen molar-refractivity contribution in [2.75, 3.05) is 4.90 Å². The summed E-state index contributed by atoms with van der Waals surface area (Å²) in [7, 11) is 0. The number of carbonyl (C=O) groups excluding carboxylic acids is 1. The van der Waals surface area contributed by atoms with Gasteiger partial charge in [0.15, 0.2) is 6.10 Å². The molecular formula is C23H24N2O2. The number of nitrogens with zero attached hydrogens (tertiary/aromatic N) is 2.